The average Bonchev–Trinajstić information content (AvgIpc) is 3.29. The summed E-state index contributed by atoms with van der Waals surface area (Å²) in [4.78, 5) is 25.7. The Bertz CT molecular complexity index is 878. The van der Waals surface area contributed by atoms with Crippen LogP contribution in [0.15, 0.2) is 10.7 Å². The predicted molar refractivity (Wildman–Crippen MR) is 105 cm³/mol. The summed E-state index contributed by atoms with van der Waals surface area (Å²) < 4.78 is 5.62. The Morgan fingerprint density at radius 1 is 1.36 bits per heavy atom. The number of urea groups is 1. The van der Waals surface area contributed by atoms with Crippen LogP contribution in [0.1, 0.15) is 55.4 Å². The van der Waals surface area contributed by atoms with Crippen molar-refractivity contribution >= 4 is 6.03 Å². The van der Waals surface area contributed by atoms with Gasteiger partial charge in [0.25, 0.3) is 0 Å². The summed E-state index contributed by atoms with van der Waals surface area (Å²) in [6, 6.07) is 0.283. The highest BCUT2D eigenvalue weighted by molar-refractivity contribution is 5.75. The summed E-state index contributed by atoms with van der Waals surface area (Å²) in [7, 11) is 2.09. The van der Waals surface area contributed by atoms with Gasteiger partial charge in [0.1, 0.15) is 0 Å². The maximum atomic E-state index is 12.4. The molecule has 2 aromatic rings. The topological polar surface area (TPSA) is 87.4 Å². The number of aryl methyl sites for hydroxylation is 1. The van der Waals surface area contributed by atoms with Crippen LogP contribution in [0.5, 0.6) is 0 Å². The van der Waals surface area contributed by atoms with Crippen molar-refractivity contribution in [3.05, 3.63) is 28.9 Å². The Labute approximate surface area is 165 Å². The highest BCUT2D eigenvalue weighted by Crippen LogP contribution is 2.34. The fourth-order valence-corrected chi connectivity index (χ4v) is 4.15. The number of pyridine rings is 1. The maximum Gasteiger partial charge on any atom is 0.317 e. The number of likely N-dealkylation sites (tertiary alicyclic amines) is 1. The van der Waals surface area contributed by atoms with Gasteiger partial charge in [-0.05, 0) is 64.8 Å². The number of carbonyl (C=O) groups excluding carboxylic acids is 1. The van der Waals surface area contributed by atoms with Crippen molar-refractivity contribution in [3.8, 4) is 11.4 Å². The molecule has 1 unspecified atom stereocenters. The first kappa shape index (κ1) is 18.9. The summed E-state index contributed by atoms with van der Waals surface area (Å²) in [6.45, 7) is 8.17. The minimum Gasteiger partial charge on any atom is -0.337 e. The van der Waals surface area contributed by atoms with E-state index in [1.54, 1.807) is 0 Å². The van der Waals surface area contributed by atoms with Crippen LogP contribution in [-0.2, 0) is 13.0 Å². The minimum atomic E-state index is -0.0334. The number of amides is 2. The van der Waals surface area contributed by atoms with E-state index in [0.717, 1.165) is 42.6 Å². The molecule has 8 nitrogen and oxygen atoms in total. The van der Waals surface area contributed by atoms with Crippen LogP contribution in [-0.4, -0.2) is 57.1 Å². The quantitative estimate of drug-likeness (QED) is 0.875. The number of nitrogens with one attached hydrogen (secondary N) is 1. The van der Waals surface area contributed by atoms with Crippen molar-refractivity contribution in [1.29, 1.82) is 0 Å². The van der Waals surface area contributed by atoms with Crippen molar-refractivity contribution in [2.24, 2.45) is 0 Å². The van der Waals surface area contributed by atoms with Crippen molar-refractivity contribution in [3.63, 3.8) is 0 Å². The molecule has 0 aliphatic carbocycles. The second-order valence-corrected chi connectivity index (χ2v) is 8.09. The molecule has 1 saturated heterocycles. The zero-order chi connectivity index (χ0) is 19.8. The Morgan fingerprint density at radius 3 is 2.89 bits per heavy atom. The Balaban J connectivity index is 1.62. The molecule has 4 heterocycles. The fourth-order valence-electron chi connectivity index (χ4n) is 4.15. The molecule has 2 amide bonds. The number of fused-ring (bicyclic) bond motifs is 1. The first-order valence-electron chi connectivity index (χ1n) is 10.0. The molecule has 0 radical (unpaired) electrons. The van der Waals surface area contributed by atoms with Gasteiger partial charge in [-0.3, -0.25) is 9.88 Å². The average molecular weight is 384 g/mol. The summed E-state index contributed by atoms with van der Waals surface area (Å²) in [5.41, 5.74) is 4.08. The molecule has 0 saturated carbocycles. The molecule has 0 bridgehead atoms. The minimum absolute atomic E-state index is 0.0334. The smallest absolute Gasteiger partial charge is 0.317 e. The van der Waals surface area contributed by atoms with E-state index in [-0.39, 0.29) is 18.1 Å². The lowest BCUT2D eigenvalue weighted by atomic mass is 9.94. The lowest BCUT2D eigenvalue weighted by Gasteiger charge is -2.30. The van der Waals surface area contributed by atoms with Crippen molar-refractivity contribution in [2.45, 2.75) is 58.7 Å². The summed E-state index contributed by atoms with van der Waals surface area (Å²) in [6.07, 6.45) is 4.82. The third-order valence-electron chi connectivity index (χ3n) is 5.63. The van der Waals surface area contributed by atoms with Gasteiger partial charge in [-0.2, -0.15) is 4.98 Å². The van der Waals surface area contributed by atoms with Gasteiger partial charge in [0.2, 0.25) is 11.7 Å². The molecule has 0 aromatic carbocycles. The molecule has 4 rings (SSSR count). The molecule has 2 aliphatic rings. The number of nitrogens with zero attached hydrogens (tertiary/aromatic N) is 5. The number of hydrogen-bond acceptors (Lipinski definition) is 6. The Kier molecular flexibility index (Phi) is 5.05. The molecule has 2 aliphatic heterocycles. The number of hydrogen-bond donors (Lipinski definition) is 1. The maximum absolute atomic E-state index is 12.4. The standard InChI is InChI=1S/C20H28N6O2/c1-12(2)22-20(27)26-9-7-15-14(11-26)10-21-13(3)17(15)18-23-19(28-24-18)16-6-5-8-25(16)4/h10,12,16H,5-9,11H2,1-4H3,(H,22,27). The van der Waals surface area contributed by atoms with E-state index in [1.807, 2.05) is 31.9 Å². The van der Waals surface area contributed by atoms with Crippen LogP contribution in [0.25, 0.3) is 11.4 Å². The van der Waals surface area contributed by atoms with E-state index >= 15 is 0 Å². The molecule has 28 heavy (non-hydrogen) atoms. The fraction of sp³-hybridized carbons (Fsp3) is 0.600. The van der Waals surface area contributed by atoms with Crippen LogP contribution >= 0.6 is 0 Å². The van der Waals surface area contributed by atoms with Crippen LogP contribution in [0, 0.1) is 6.92 Å². The van der Waals surface area contributed by atoms with Gasteiger partial charge >= 0.3 is 6.03 Å². The molecule has 2 aromatic heterocycles. The number of rotatable bonds is 3. The Morgan fingerprint density at radius 2 is 2.18 bits per heavy atom. The summed E-state index contributed by atoms with van der Waals surface area (Å²) in [5, 5.41) is 7.24. The van der Waals surface area contributed by atoms with Crippen molar-refractivity contribution < 1.29 is 9.32 Å². The second kappa shape index (κ2) is 7.50. The van der Waals surface area contributed by atoms with Crippen molar-refractivity contribution in [1.82, 2.24) is 30.2 Å². The lowest BCUT2D eigenvalue weighted by molar-refractivity contribution is 0.190. The third-order valence-corrected chi connectivity index (χ3v) is 5.63. The van der Waals surface area contributed by atoms with Gasteiger partial charge in [0, 0.05) is 36.6 Å². The van der Waals surface area contributed by atoms with Crippen molar-refractivity contribution in [2.75, 3.05) is 20.1 Å². The highest BCUT2D eigenvalue weighted by atomic mass is 16.5. The molecule has 1 N–H and O–H groups in total. The third kappa shape index (κ3) is 3.48. The molecular weight excluding hydrogens is 356 g/mol. The molecular formula is C20H28N6O2. The largest absolute Gasteiger partial charge is 0.337 e. The van der Waals surface area contributed by atoms with Gasteiger partial charge in [0.05, 0.1) is 6.04 Å². The molecule has 1 fully saturated rings. The molecule has 8 heteroatoms. The first-order valence-corrected chi connectivity index (χ1v) is 10.0. The Hall–Kier alpha value is -2.48. The van der Waals surface area contributed by atoms with E-state index in [0.29, 0.717) is 24.8 Å². The number of aromatic nitrogens is 3. The van der Waals surface area contributed by atoms with Gasteiger partial charge in [0.15, 0.2) is 0 Å². The zero-order valence-corrected chi connectivity index (χ0v) is 17.0. The SMILES string of the molecule is Cc1ncc2c(c1-c1noc(C3CCCN3C)n1)CCN(C(=O)NC(C)C)C2. The normalized spacial score (nSPS) is 19.9. The molecule has 150 valence electrons. The van der Waals surface area contributed by atoms with E-state index < -0.39 is 0 Å². The van der Waals surface area contributed by atoms with E-state index in [1.165, 1.54) is 5.56 Å². The highest BCUT2D eigenvalue weighted by Gasteiger charge is 2.30. The second-order valence-electron chi connectivity index (χ2n) is 8.09. The molecule has 0 spiro atoms. The van der Waals surface area contributed by atoms with Crippen LogP contribution in [0.4, 0.5) is 4.79 Å². The summed E-state index contributed by atoms with van der Waals surface area (Å²) in [5.74, 6) is 1.29. The monoisotopic (exact) mass is 384 g/mol. The van der Waals surface area contributed by atoms with Gasteiger partial charge in [-0.1, -0.05) is 5.16 Å². The van der Waals surface area contributed by atoms with Crippen LogP contribution in [0.3, 0.4) is 0 Å². The molecule has 1 atom stereocenters. The van der Waals surface area contributed by atoms with Gasteiger partial charge in [-0.15, -0.1) is 0 Å². The van der Waals surface area contributed by atoms with Crippen LogP contribution < -0.4 is 5.32 Å². The lowest BCUT2D eigenvalue weighted by Crippen LogP contribution is -2.45. The zero-order valence-electron chi connectivity index (χ0n) is 17.0. The van der Waals surface area contributed by atoms with E-state index in [9.17, 15) is 4.79 Å². The van der Waals surface area contributed by atoms with E-state index in [4.69, 9.17) is 9.51 Å². The van der Waals surface area contributed by atoms with Crippen LogP contribution in [0.2, 0.25) is 0 Å². The van der Waals surface area contributed by atoms with Gasteiger partial charge in [-0.25, -0.2) is 4.79 Å². The van der Waals surface area contributed by atoms with E-state index in [2.05, 4.69) is 27.4 Å². The number of carbonyl (C=O) groups is 1. The van der Waals surface area contributed by atoms with Gasteiger partial charge < -0.3 is 14.7 Å². The first-order chi connectivity index (χ1) is 13.4. The predicted octanol–water partition coefficient (Wildman–Crippen LogP) is 2.68. The summed E-state index contributed by atoms with van der Waals surface area (Å²) >= 11 is 0.